The maximum atomic E-state index is 12.0. The molecule has 0 aliphatic carbocycles. The van der Waals surface area contributed by atoms with E-state index in [0.717, 1.165) is 16.9 Å². The van der Waals surface area contributed by atoms with E-state index in [1.807, 2.05) is 55.5 Å². The minimum atomic E-state index is -0.109. The highest BCUT2D eigenvalue weighted by molar-refractivity contribution is 8.00. The van der Waals surface area contributed by atoms with Crippen molar-refractivity contribution in [1.29, 1.82) is 0 Å². The minimum Gasteiger partial charge on any atom is -0.325 e. The standard InChI is InChI=1S/C21H26N2O2S/c1-15-6-5-7-18(12-15)23-20(25)14-26-13-19(24)22-17-10-8-16(9-11-17)21(2,3)4/h5-12H,13-14H2,1-4H3,(H,22,24)(H,23,25). The van der Waals surface area contributed by atoms with E-state index in [0.29, 0.717) is 0 Å². The number of benzene rings is 2. The summed E-state index contributed by atoms with van der Waals surface area (Å²) >= 11 is 1.30. The molecule has 2 amide bonds. The predicted molar refractivity (Wildman–Crippen MR) is 111 cm³/mol. The van der Waals surface area contributed by atoms with Crippen molar-refractivity contribution in [3.8, 4) is 0 Å². The van der Waals surface area contributed by atoms with Crippen molar-refractivity contribution in [3.05, 3.63) is 59.7 Å². The van der Waals surface area contributed by atoms with Crippen molar-refractivity contribution < 1.29 is 9.59 Å². The van der Waals surface area contributed by atoms with Crippen LogP contribution < -0.4 is 10.6 Å². The Morgan fingerprint density at radius 2 is 1.46 bits per heavy atom. The Bertz CT molecular complexity index is 764. The van der Waals surface area contributed by atoms with Crippen molar-refractivity contribution in [3.63, 3.8) is 0 Å². The molecule has 2 aromatic rings. The average Bonchev–Trinajstić information content (AvgIpc) is 2.54. The quantitative estimate of drug-likeness (QED) is 0.781. The molecular weight excluding hydrogens is 344 g/mol. The van der Waals surface area contributed by atoms with Gasteiger partial charge in [0.05, 0.1) is 11.5 Å². The van der Waals surface area contributed by atoms with Crippen LogP contribution in [0.4, 0.5) is 11.4 Å². The molecule has 2 rings (SSSR count). The number of amides is 2. The molecule has 0 atom stereocenters. The number of nitrogens with one attached hydrogen (secondary N) is 2. The molecule has 0 aliphatic heterocycles. The van der Waals surface area contributed by atoms with Crippen molar-refractivity contribution in [1.82, 2.24) is 0 Å². The summed E-state index contributed by atoms with van der Waals surface area (Å²) in [5, 5.41) is 5.70. The molecular formula is C21H26N2O2S. The van der Waals surface area contributed by atoms with E-state index in [1.165, 1.54) is 17.3 Å². The van der Waals surface area contributed by atoms with Crippen LogP contribution >= 0.6 is 11.8 Å². The Morgan fingerprint density at radius 1 is 0.885 bits per heavy atom. The second kappa shape index (κ2) is 8.90. The molecule has 2 N–H and O–H groups in total. The van der Waals surface area contributed by atoms with E-state index in [1.54, 1.807) is 0 Å². The molecule has 138 valence electrons. The number of hydrogen-bond acceptors (Lipinski definition) is 3. The van der Waals surface area contributed by atoms with E-state index in [4.69, 9.17) is 0 Å². The van der Waals surface area contributed by atoms with Crippen molar-refractivity contribution >= 4 is 35.0 Å². The van der Waals surface area contributed by atoms with Crippen LogP contribution in [-0.2, 0) is 15.0 Å². The van der Waals surface area contributed by atoms with Crippen LogP contribution in [0.2, 0.25) is 0 Å². The lowest BCUT2D eigenvalue weighted by atomic mass is 9.87. The zero-order chi connectivity index (χ0) is 19.2. The smallest absolute Gasteiger partial charge is 0.234 e. The Balaban J connectivity index is 1.74. The van der Waals surface area contributed by atoms with Gasteiger partial charge in [0, 0.05) is 11.4 Å². The SMILES string of the molecule is Cc1cccc(NC(=O)CSCC(=O)Nc2ccc(C(C)(C)C)cc2)c1. The number of rotatable bonds is 6. The molecule has 0 heterocycles. The second-order valence-electron chi connectivity index (χ2n) is 7.29. The first-order valence-corrected chi connectivity index (χ1v) is 9.74. The lowest BCUT2D eigenvalue weighted by molar-refractivity contribution is -0.114. The van der Waals surface area contributed by atoms with E-state index in [9.17, 15) is 9.59 Å². The summed E-state index contributed by atoms with van der Waals surface area (Å²) in [6.07, 6.45) is 0. The van der Waals surface area contributed by atoms with Gasteiger partial charge in [-0.05, 0) is 47.7 Å². The van der Waals surface area contributed by atoms with Crippen LogP contribution in [0.5, 0.6) is 0 Å². The number of thioether (sulfide) groups is 1. The maximum Gasteiger partial charge on any atom is 0.234 e. The Morgan fingerprint density at radius 3 is 2.00 bits per heavy atom. The van der Waals surface area contributed by atoms with E-state index >= 15 is 0 Å². The third-order valence-electron chi connectivity index (χ3n) is 3.80. The summed E-state index contributed by atoms with van der Waals surface area (Å²) < 4.78 is 0. The van der Waals surface area contributed by atoms with Crippen LogP contribution in [-0.4, -0.2) is 23.3 Å². The summed E-state index contributed by atoms with van der Waals surface area (Å²) in [6.45, 7) is 8.43. The molecule has 26 heavy (non-hydrogen) atoms. The highest BCUT2D eigenvalue weighted by Crippen LogP contribution is 2.23. The van der Waals surface area contributed by atoms with Crippen LogP contribution in [0.3, 0.4) is 0 Å². The molecule has 0 aromatic heterocycles. The van der Waals surface area contributed by atoms with Gasteiger partial charge in [0.1, 0.15) is 0 Å². The van der Waals surface area contributed by atoms with Crippen molar-refractivity contribution in [2.24, 2.45) is 0 Å². The largest absolute Gasteiger partial charge is 0.325 e. The monoisotopic (exact) mass is 370 g/mol. The van der Waals surface area contributed by atoms with Crippen LogP contribution in [0.25, 0.3) is 0 Å². The van der Waals surface area contributed by atoms with Gasteiger partial charge < -0.3 is 10.6 Å². The third-order valence-corrected chi connectivity index (χ3v) is 4.74. The molecule has 4 nitrogen and oxygen atoms in total. The predicted octanol–water partition coefficient (Wildman–Crippen LogP) is 4.60. The second-order valence-corrected chi connectivity index (χ2v) is 8.27. The first kappa shape index (κ1) is 20.0. The molecule has 2 aromatic carbocycles. The first-order valence-electron chi connectivity index (χ1n) is 8.59. The van der Waals surface area contributed by atoms with Crippen LogP contribution in [0.15, 0.2) is 48.5 Å². The van der Waals surface area contributed by atoms with Gasteiger partial charge in [0.25, 0.3) is 0 Å². The molecule has 0 aliphatic rings. The van der Waals surface area contributed by atoms with E-state index < -0.39 is 0 Å². The fourth-order valence-electron chi connectivity index (χ4n) is 2.41. The summed E-state index contributed by atoms with van der Waals surface area (Å²) in [4.78, 5) is 23.9. The third kappa shape index (κ3) is 6.56. The summed E-state index contributed by atoms with van der Waals surface area (Å²) in [6, 6.07) is 15.5. The van der Waals surface area contributed by atoms with E-state index in [-0.39, 0.29) is 28.7 Å². The van der Waals surface area contributed by atoms with Gasteiger partial charge in [0.15, 0.2) is 0 Å². The molecule has 0 radical (unpaired) electrons. The number of anilines is 2. The number of hydrogen-bond donors (Lipinski definition) is 2. The zero-order valence-corrected chi connectivity index (χ0v) is 16.6. The van der Waals surface area contributed by atoms with Gasteiger partial charge in [-0.2, -0.15) is 0 Å². The fraction of sp³-hybridized carbons (Fsp3) is 0.333. The molecule has 0 unspecified atom stereocenters. The minimum absolute atomic E-state index is 0.0864. The van der Waals surface area contributed by atoms with Crippen LogP contribution in [0, 0.1) is 6.92 Å². The Kier molecular flexibility index (Phi) is 6.86. The normalized spacial score (nSPS) is 11.1. The highest BCUT2D eigenvalue weighted by Gasteiger charge is 2.13. The van der Waals surface area contributed by atoms with Gasteiger partial charge in [-0.15, -0.1) is 11.8 Å². The fourth-order valence-corrected chi connectivity index (χ4v) is 3.02. The van der Waals surface area contributed by atoms with Gasteiger partial charge in [-0.25, -0.2) is 0 Å². The topological polar surface area (TPSA) is 58.2 Å². The summed E-state index contributed by atoms with van der Waals surface area (Å²) in [7, 11) is 0. The summed E-state index contributed by atoms with van der Waals surface area (Å²) in [5.41, 5.74) is 3.94. The van der Waals surface area contributed by atoms with Crippen molar-refractivity contribution in [2.75, 3.05) is 22.1 Å². The molecule has 0 spiro atoms. The highest BCUT2D eigenvalue weighted by atomic mass is 32.2. The van der Waals surface area contributed by atoms with Crippen LogP contribution in [0.1, 0.15) is 31.9 Å². The first-order chi connectivity index (χ1) is 12.2. The summed E-state index contributed by atoms with van der Waals surface area (Å²) in [5.74, 6) is 0.261. The van der Waals surface area contributed by atoms with E-state index in [2.05, 4.69) is 31.4 Å². The molecule has 0 saturated heterocycles. The Hall–Kier alpha value is -2.27. The number of aryl methyl sites for hydroxylation is 1. The van der Waals surface area contributed by atoms with Crippen molar-refractivity contribution in [2.45, 2.75) is 33.1 Å². The maximum absolute atomic E-state index is 12.0. The average molecular weight is 371 g/mol. The lowest BCUT2D eigenvalue weighted by Crippen LogP contribution is -2.18. The number of carbonyl (C=O) groups excluding carboxylic acids is 2. The van der Waals surface area contributed by atoms with Gasteiger partial charge in [0.2, 0.25) is 11.8 Å². The molecule has 0 saturated carbocycles. The lowest BCUT2D eigenvalue weighted by Gasteiger charge is -2.19. The van der Waals surface area contributed by atoms with Gasteiger partial charge in [-0.3, -0.25) is 9.59 Å². The van der Waals surface area contributed by atoms with Gasteiger partial charge >= 0.3 is 0 Å². The number of carbonyl (C=O) groups is 2. The molecule has 5 heteroatoms. The van der Waals surface area contributed by atoms with Gasteiger partial charge in [-0.1, -0.05) is 45.0 Å². The molecule has 0 fully saturated rings. The Labute approximate surface area is 159 Å². The zero-order valence-electron chi connectivity index (χ0n) is 15.8. The molecule has 0 bridgehead atoms.